The molecule has 0 aromatic heterocycles. The molecule has 0 amide bonds. The number of ketones is 1. The summed E-state index contributed by atoms with van der Waals surface area (Å²) < 4.78 is 5.48. The van der Waals surface area contributed by atoms with Gasteiger partial charge in [0.25, 0.3) is 0 Å². The van der Waals surface area contributed by atoms with Crippen LogP contribution >= 0.6 is 0 Å². The summed E-state index contributed by atoms with van der Waals surface area (Å²) in [4.78, 5) is 12.6. The third-order valence-corrected chi connectivity index (χ3v) is 8.43. The van der Waals surface area contributed by atoms with Gasteiger partial charge in [-0.15, -0.1) is 0 Å². The van der Waals surface area contributed by atoms with E-state index in [-0.39, 0.29) is 11.3 Å². The highest BCUT2D eigenvalue weighted by molar-refractivity contribution is 5.80. The molecule has 7 atom stereocenters. The highest BCUT2D eigenvalue weighted by atomic mass is 16.5. The molecule has 26 heavy (non-hydrogen) atoms. The summed E-state index contributed by atoms with van der Waals surface area (Å²) >= 11 is 0. The molecule has 0 unspecified atom stereocenters. The van der Waals surface area contributed by atoms with E-state index < -0.39 is 0 Å². The zero-order chi connectivity index (χ0) is 18.6. The molecular formula is C24H34O2. The van der Waals surface area contributed by atoms with E-state index in [0.717, 1.165) is 18.1 Å². The lowest BCUT2D eigenvalue weighted by Gasteiger charge is -2.51. The number of benzene rings is 1. The van der Waals surface area contributed by atoms with Gasteiger partial charge in [-0.1, -0.05) is 33.3 Å². The Kier molecular flexibility index (Phi) is 4.44. The Hall–Kier alpha value is -1.31. The Morgan fingerprint density at radius 1 is 1.27 bits per heavy atom. The van der Waals surface area contributed by atoms with Crippen molar-refractivity contribution >= 4 is 5.78 Å². The minimum absolute atomic E-state index is 0.220. The molecule has 0 heterocycles. The van der Waals surface area contributed by atoms with Crippen molar-refractivity contribution in [2.45, 2.75) is 71.6 Å². The van der Waals surface area contributed by atoms with E-state index in [0.29, 0.717) is 29.5 Å². The van der Waals surface area contributed by atoms with E-state index in [1.54, 1.807) is 12.7 Å². The fourth-order valence-electron chi connectivity index (χ4n) is 7.36. The maximum absolute atomic E-state index is 12.6. The van der Waals surface area contributed by atoms with Gasteiger partial charge in [-0.3, -0.25) is 4.79 Å². The lowest BCUT2D eigenvalue weighted by molar-refractivity contribution is -0.127. The first kappa shape index (κ1) is 18.1. The predicted molar refractivity (Wildman–Crippen MR) is 106 cm³/mol. The Labute approximate surface area is 158 Å². The number of carbonyl (C=O) groups excluding carboxylic acids is 1. The summed E-state index contributed by atoms with van der Waals surface area (Å²) in [6.07, 6.45) is 6.13. The molecule has 4 rings (SSSR count). The van der Waals surface area contributed by atoms with E-state index in [2.05, 4.69) is 39.0 Å². The maximum atomic E-state index is 12.6. The highest BCUT2D eigenvalue weighted by Gasteiger charge is 2.59. The molecule has 3 aliphatic carbocycles. The van der Waals surface area contributed by atoms with Crippen molar-refractivity contribution in [3.8, 4) is 5.75 Å². The van der Waals surface area contributed by atoms with Crippen LogP contribution in [-0.2, 0) is 4.79 Å². The summed E-state index contributed by atoms with van der Waals surface area (Å²) in [6.45, 7) is 8.96. The van der Waals surface area contributed by atoms with Crippen LogP contribution in [0.25, 0.3) is 0 Å². The van der Waals surface area contributed by atoms with Crippen LogP contribution in [0.5, 0.6) is 5.75 Å². The second-order valence-corrected chi connectivity index (χ2v) is 9.55. The number of fused-ring (bicyclic) bond motifs is 5. The third kappa shape index (κ3) is 2.47. The summed E-state index contributed by atoms with van der Waals surface area (Å²) in [7, 11) is 1.76. The topological polar surface area (TPSA) is 26.3 Å². The molecule has 142 valence electrons. The Balaban J connectivity index is 1.72. The first-order valence-corrected chi connectivity index (χ1v) is 10.6. The van der Waals surface area contributed by atoms with Crippen molar-refractivity contribution in [3.63, 3.8) is 0 Å². The van der Waals surface area contributed by atoms with Crippen molar-refractivity contribution in [2.75, 3.05) is 7.11 Å². The van der Waals surface area contributed by atoms with E-state index >= 15 is 0 Å². The molecule has 1 aromatic carbocycles. The maximum Gasteiger partial charge on any atom is 0.133 e. The van der Waals surface area contributed by atoms with E-state index in [1.165, 1.54) is 31.2 Å². The van der Waals surface area contributed by atoms with Crippen LogP contribution in [-0.4, -0.2) is 12.9 Å². The smallest absolute Gasteiger partial charge is 0.133 e. The van der Waals surface area contributed by atoms with Crippen molar-refractivity contribution in [3.05, 3.63) is 29.3 Å². The predicted octanol–water partition coefficient (Wildman–Crippen LogP) is 5.95. The summed E-state index contributed by atoms with van der Waals surface area (Å²) in [5.74, 6) is 5.00. The summed E-state index contributed by atoms with van der Waals surface area (Å²) in [6, 6.07) is 6.74. The third-order valence-electron chi connectivity index (χ3n) is 8.43. The minimum atomic E-state index is 0.220. The van der Waals surface area contributed by atoms with Crippen molar-refractivity contribution in [1.82, 2.24) is 0 Å². The van der Waals surface area contributed by atoms with Gasteiger partial charge in [0.05, 0.1) is 7.11 Å². The van der Waals surface area contributed by atoms with Gasteiger partial charge in [0.15, 0.2) is 0 Å². The average molecular weight is 355 g/mol. The first-order chi connectivity index (χ1) is 12.4. The van der Waals surface area contributed by atoms with Crippen LogP contribution in [0.15, 0.2) is 18.2 Å². The van der Waals surface area contributed by atoms with Gasteiger partial charge in [-0.05, 0) is 90.9 Å². The van der Waals surface area contributed by atoms with Gasteiger partial charge < -0.3 is 4.74 Å². The fourth-order valence-corrected chi connectivity index (χ4v) is 7.36. The molecule has 0 bridgehead atoms. The molecule has 0 aliphatic heterocycles. The summed E-state index contributed by atoms with van der Waals surface area (Å²) in [5, 5.41) is 0. The van der Waals surface area contributed by atoms with Gasteiger partial charge in [0.1, 0.15) is 11.5 Å². The number of rotatable bonds is 3. The van der Waals surface area contributed by atoms with Gasteiger partial charge in [-0.25, -0.2) is 0 Å². The van der Waals surface area contributed by atoms with Gasteiger partial charge in [0.2, 0.25) is 0 Å². The first-order valence-electron chi connectivity index (χ1n) is 10.6. The molecular weight excluding hydrogens is 320 g/mol. The molecule has 2 fully saturated rings. The summed E-state index contributed by atoms with van der Waals surface area (Å²) in [5.41, 5.74) is 3.29. The molecule has 1 aromatic rings. The average Bonchev–Trinajstić information content (AvgIpc) is 2.94. The minimum Gasteiger partial charge on any atom is -0.497 e. The molecule has 0 radical (unpaired) electrons. The Morgan fingerprint density at radius 2 is 2.04 bits per heavy atom. The monoisotopic (exact) mass is 354 g/mol. The number of ether oxygens (including phenoxy) is 1. The van der Waals surface area contributed by atoms with Gasteiger partial charge in [-0.2, -0.15) is 0 Å². The molecule has 2 heteroatoms. The fraction of sp³-hybridized carbons (Fsp3) is 0.708. The van der Waals surface area contributed by atoms with Crippen LogP contribution in [0.1, 0.15) is 82.8 Å². The molecule has 2 nitrogen and oxygen atoms in total. The van der Waals surface area contributed by atoms with Gasteiger partial charge >= 0.3 is 0 Å². The Bertz CT molecular complexity index is 708. The second kappa shape index (κ2) is 6.39. The number of carbonyl (C=O) groups is 1. The van der Waals surface area contributed by atoms with Crippen molar-refractivity contribution < 1.29 is 9.53 Å². The van der Waals surface area contributed by atoms with Crippen LogP contribution < -0.4 is 4.74 Å². The zero-order valence-corrected chi connectivity index (χ0v) is 17.0. The van der Waals surface area contributed by atoms with Crippen molar-refractivity contribution in [1.29, 1.82) is 0 Å². The largest absolute Gasteiger partial charge is 0.497 e. The van der Waals surface area contributed by atoms with Crippen molar-refractivity contribution in [2.24, 2.45) is 29.1 Å². The van der Waals surface area contributed by atoms with Crippen LogP contribution in [0.4, 0.5) is 0 Å². The number of methoxy groups -OCH3 is 1. The Morgan fingerprint density at radius 3 is 2.69 bits per heavy atom. The highest BCUT2D eigenvalue weighted by Crippen LogP contribution is 2.66. The number of hydrogen-bond donors (Lipinski definition) is 0. The molecule has 0 N–H and O–H groups in total. The zero-order valence-electron chi connectivity index (χ0n) is 17.0. The SMILES string of the molecule is CC[C@@H]1C[C@H]2[C@@H]3C[C@H](C)c4cc(OC)ccc4[C@H]3CC[C@]2(C)[C@H]1C(C)=O. The number of Topliss-reactive ketones (excluding diaryl/α,β-unsaturated/α-hetero) is 1. The van der Waals surface area contributed by atoms with Gasteiger partial charge in [0, 0.05) is 5.92 Å². The van der Waals surface area contributed by atoms with E-state index in [9.17, 15) is 4.79 Å². The molecule has 2 saturated carbocycles. The molecule has 0 spiro atoms. The normalized spacial score (nSPS) is 41.1. The second-order valence-electron chi connectivity index (χ2n) is 9.55. The van der Waals surface area contributed by atoms with E-state index in [4.69, 9.17) is 4.74 Å². The number of hydrogen-bond acceptors (Lipinski definition) is 2. The van der Waals surface area contributed by atoms with Crippen LogP contribution in [0, 0.1) is 29.1 Å². The van der Waals surface area contributed by atoms with Crippen LogP contribution in [0.3, 0.4) is 0 Å². The molecule has 0 saturated heterocycles. The quantitative estimate of drug-likeness (QED) is 0.670. The van der Waals surface area contributed by atoms with Crippen LogP contribution in [0.2, 0.25) is 0 Å². The lowest BCUT2D eigenvalue weighted by atomic mass is 9.52. The standard InChI is InChI=1S/C24H34O2/c1-6-16-12-22-21-11-14(2)20-13-17(26-5)7-8-18(20)19(21)9-10-24(22,4)23(16)15(3)25/h7-8,13-14,16,19,21-23H,6,9-12H2,1-5H3/t14-,16+,19+,21+,22-,23-,24-/m0/s1. The van der Waals surface area contributed by atoms with E-state index in [1.807, 2.05) is 6.92 Å². The molecule has 3 aliphatic rings. The lowest BCUT2D eigenvalue weighted by Crippen LogP contribution is -2.44.